The smallest absolute Gasteiger partial charge is 0.311 e. The molecule has 0 radical (unpaired) electrons. The first kappa shape index (κ1) is 49.3. The van der Waals surface area contributed by atoms with Gasteiger partial charge in [-0.1, -0.05) is 6.07 Å². The fourth-order valence-corrected chi connectivity index (χ4v) is 6.10. The van der Waals surface area contributed by atoms with E-state index in [4.69, 9.17) is 43.0 Å². The lowest BCUT2D eigenvalue weighted by Gasteiger charge is -2.45. The molecule has 2 heterocycles. The van der Waals surface area contributed by atoms with E-state index in [-0.39, 0.29) is 24.1 Å². The topological polar surface area (TPSA) is 180 Å². The van der Waals surface area contributed by atoms with Gasteiger partial charge in [-0.25, -0.2) is 0 Å². The highest BCUT2D eigenvalue weighted by atomic mass is 16.7. The van der Waals surface area contributed by atoms with Gasteiger partial charge in [-0.15, -0.1) is 5.10 Å². The van der Waals surface area contributed by atoms with Crippen molar-refractivity contribution in [1.82, 2.24) is 9.78 Å². The summed E-state index contributed by atoms with van der Waals surface area (Å²) in [5, 5.41) is 15.3. The fraction of sp³-hybridized carbons (Fsp3) is 0.596. The van der Waals surface area contributed by atoms with Crippen molar-refractivity contribution in [2.45, 2.75) is 140 Å². The second-order valence-corrected chi connectivity index (χ2v) is 19.9. The molecule has 1 aromatic heterocycles. The van der Waals surface area contributed by atoms with E-state index in [0.29, 0.717) is 28.3 Å². The molecular formula is C47H66N2O13. The number of esters is 4. The first-order chi connectivity index (χ1) is 28.6. The van der Waals surface area contributed by atoms with Crippen molar-refractivity contribution in [2.75, 3.05) is 20.8 Å². The van der Waals surface area contributed by atoms with E-state index < -0.39 is 82.8 Å². The first-order valence-corrected chi connectivity index (χ1v) is 20.8. The SMILES string of the molecule is COc1ccc(-c2c(Cc3ccc(O)cc3OC)c(O[C@@H]3O[C@H](COC(=O)C(C)(C)C)[C@@H](OC(=O)C(C)(C)C)[C@H](OC(=O)C(C)(C)C)[C@H]3OC(=O)C(C)(C)C)nn2C(C)C)cc1. The molecule has 15 nitrogen and oxygen atoms in total. The van der Waals surface area contributed by atoms with Crippen LogP contribution in [0, 0.1) is 21.7 Å². The van der Waals surface area contributed by atoms with Gasteiger partial charge in [0, 0.05) is 29.7 Å². The second-order valence-electron chi connectivity index (χ2n) is 19.9. The lowest BCUT2D eigenvalue weighted by molar-refractivity contribution is -0.294. The Morgan fingerprint density at radius 3 is 1.71 bits per heavy atom. The number of hydrogen-bond acceptors (Lipinski definition) is 14. The Kier molecular flexibility index (Phi) is 15.1. The Balaban J connectivity index is 2.03. The third-order valence-corrected chi connectivity index (χ3v) is 9.84. The van der Waals surface area contributed by atoms with Crippen molar-refractivity contribution in [2.24, 2.45) is 21.7 Å². The van der Waals surface area contributed by atoms with Gasteiger partial charge in [-0.3, -0.25) is 23.9 Å². The van der Waals surface area contributed by atoms with Crippen LogP contribution in [0.25, 0.3) is 11.3 Å². The Bertz CT molecular complexity index is 2060. The molecule has 2 aromatic carbocycles. The summed E-state index contributed by atoms with van der Waals surface area (Å²) in [6.07, 6.45) is -7.31. The molecule has 15 heteroatoms. The fourth-order valence-electron chi connectivity index (χ4n) is 6.10. The van der Waals surface area contributed by atoms with Crippen LogP contribution in [0.4, 0.5) is 0 Å². The van der Waals surface area contributed by atoms with Crippen LogP contribution < -0.4 is 14.2 Å². The lowest BCUT2D eigenvalue weighted by atomic mass is 9.93. The molecule has 1 saturated heterocycles. The quantitative estimate of drug-likeness (QED) is 0.129. The van der Waals surface area contributed by atoms with Crippen LogP contribution in [0.15, 0.2) is 42.5 Å². The highest BCUT2D eigenvalue weighted by Gasteiger charge is 2.56. The van der Waals surface area contributed by atoms with E-state index in [2.05, 4.69) is 0 Å². The van der Waals surface area contributed by atoms with E-state index in [1.54, 1.807) is 107 Å². The average Bonchev–Trinajstić information content (AvgIpc) is 3.52. The number of carbonyl (C=O) groups excluding carboxylic acids is 4. The number of methoxy groups -OCH3 is 2. The zero-order chi connectivity index (χ0) is 46.7. The first-order valence-electron chi connectivity index (χ1n) is 20.8. The molecule has 0 unspecified atom stereocenters. The summed E-state index contributed by atoms with van der Waals surface area (Å²) in [7, 11) is 3.07. The van der Waals surface area contributed by atoms with Crippen molar-refractivity contribution < 1.29 is 62.2 Å². The number of hydrogen-bond donors (Lipinski definition) is 1. The van der Waals surface area contributed by atoms with Crippen molar-refractivity contribution in [3.8, 4) is 34.4 Å². The molecule has 1 fully saturated rings. The van der Waals surface area contributed by atoms with Crippen molar-refractivity contribution >= 4 is 23.9 Å². The maximum atomic E-state index is 13.9. The van der Waals surface area contributed by atoms with Crippen molar-refractivity contribution in [3.63, 3.8) is 0 Å². The minimum absolute atomic E-state index is 0.00482. The Labute approximate surface area is 365 Å². The summed E-state index contributed by atoms with van der Waals surface area (Å²) in [4.78, 5) is 54.8. The molecule has 0 spiro atoms. The summed E-state index contributed by atoms with van der Waals surface area (Å²) in [5.41, 5.74) is -1.45. The van der Waals surface area contributed by atoms with Gasteiger partial charge in [0.15, 0.2) is 12.2 Å². The standard InChI is InChI=1S/C47H66N2O13/c1-26(2)49-34(27-18-21-30(55-15)22-19-27)31(23-28-17-20-29(50)24-32(28)56-16)38(48-49)62-39-37(61-43(54)47(12,13)14)36(60-42(53)46(9,10)11)35(59-41(52)45(6,7)8)33(58-39)25-57-40(51)44(3,4)5/h17-22,24,26,33,35-37,39,50H,23,25H2,1-16H3/t33-,35-,36+,37-,39+/m1/s1. The van der Waals surface area contributed by atoms with Gasteiger partial charge in [0.25, 0.3) is 0 Å². The van der Waals surface area contributed by atoms with Crippen molar-refractivity contribution in [1.29, 1.82) is 0 Å². The molecule has 0 amide bonds. The molecule has 0 aliphatic carbocycles. The number of rotatable bonds is 13. The summed E-state index contributed by atoms with van der Waals surface area (Å²) < 4.78 is 50.8. The van der Waals surface area contributed by atoms with E-state index >= 15 is 0 Å². The lowest BCUT2D eigenvalue weighted by Crippen LogP contribution is -2.65. The summed E-state index contributed by atoms with van der Waals surface area (Å²) in [6, 6.07) is 12.0. The van der Waals surface area contributed by atoms with E-state index in [0.717, 1.165) is 5.56 Å². The molecule has 4 rings (SSSR count). The zero-order valence-corrected chi connectivity index (χ0v) is 39.2. The number of carbonyl (C=O) groups is 4. The number of ether oxygens (including phenoxy) is 8. The number of aromatic hydroxyl groups is 1. The number of aromatic nitrogens is 2. The third kappa shape index (κ3) is 12.0. The molecule has 0 bridgehead atoms. The average molecular weight is 867 g/mol. The third-order valence-electron chi connectivity index (χ3n) is 9.84. The number of phenolic OH excluding ortho intramolecular Hbond substituents is 1. The minimum Gasteiger partial charge on any atom is -0.508 e. The van der Waals surface area contributed by atoms with Crippen LogP contribution in [0.2, 0.25) is 0 Å². The summed E-state index contributed by atoms with van der Waals surface area (Å²) in [5.74, 6) is -1.56. The maximum Gasteiger partial charge on any atom is 0.311 e. The number of nitrogens with zero attached hydrogens (tertiary/aromatic N) is 2. The number of benzene rings is 2. The van der Waals surface area contributed by atoms with Gasteiger partial charge >= 0.3 is 23.9 Å². The van der Waals surface area contributed by atoms with Crippen LogP contribution >= 0.6 is 0 Å². The normalized spacial score (nSPS) is 19.7. The highest BCUT2D eigenvalue weighted by molar-refractivity contribution is 5.78. The highest BCUT2D eigenvalue weighted by Crippen LogP contribution is 2.41. The Hall–Kier alpha value is -5.31. The molecular weight excluding hydrogens is 801 g/mol. The largest absolute Gasteiger partial charge is 0.508 e. The van der Waals surface area contributed by atoms with E-state index in [1.807, 2.05) is 38.1 Å². The molecule has 1 aliphatic rings. The predicted octanol–water partition coefficient (Wildman–Crippen LogP) is 8.01. The van der Waals surface area contributed by atoms with Crippen LogP contribution in [0.3, 0.4) is 0 Å². The second kappa shape index (κ2) is 19.0. The Morgan fingerprint density at radius 2 is 1.23 bits per heavy atom. The van der Waals surface area contributed by atoms with Gasteiger partial charge in [0.05, 0.1) is 41.6 Å². The molecule has 342 valence electrons. The predicted molar refractivity (Wildman–Crippen MR) is 230 cm³/mol. The maximum absolute atomic E-state index is 13.9. The monoisotopic (exact) mass is 866 g/mol. The molecule has 0 saturated carbocycles. The van der Waals surface area contributed by atoms with Crippen LogP contribution in [0.5, 0.6) is 23.1 Å². The van der Waals surface area contributed by atoms with Crippen LogP contribution in [-0.2, 0) is 49.3 Å². The molecule has 62 heavy (non-hydrogen) atoms. The zero-order valence-electron chi connectivity index (χ0n) is 39.2. The Morgan fingerprint density at radius 1 is 0.710 bits per heavy atom. The van der Waals surface area contributed by atoms with Crippen LogP contribution in [0.1, 0.15) is 114 Å². The van der Waals surface area contributed by atoms with E-state index in [1.165, 1.54) is 13.2 Å². The van der Waals surface area contributed by atoms with Crippen LogP contribution in [-0.4, -0.2) is 90.3 Å². The molecule has 5 atom stereocenters. The van der Waals surface area contributed by atoms with Crippen molar-refractivity contribution in [3.05, 3.63) is 53.6 Å². The number of phenols is 1. The molecule has 3 aromatic rings. The van der Waals surface area contributed by atoms with E-state index in [9.17, 15) is 24.3 Å². The molecule has 1 aliphatic heterocycles. The minimum atomic E-state index is -1.60. The van der Waals surface area contributed by atoms with Gasteiger partial charge in [0.1, 0.15) is 30.0 Å². The van der Waals surface area contributed by atoms with Gasteiger partial charge in [-0.2, -0.15) is 0 Å². The summed E-state index contributed by atoms with van der Waals surface area (Å²) >= 11 is 0. The van der Waals surface area contributed by atoms with Gasteiger partial charge < -0.3 is 43.0 Å². The summed E-state index contributed by atoms with van der Waals surface area (Å²) in [6.45, 7) is 23.4. The van der Waals surface area contributed by atoms with Gasteiger partial charge in [-0.05, 0) is 133 Å². The van der Waals surface area contributed by atoms with Gasteiger partial charge in [0.2, 0.25) is 18.3 Å². The molecule has 1 N–H and O–H groups in total.